The fraction of sp³-hybridized carbons (Fsp3) is 0.533. The number of ether oxygens (including phenoxy) is 2. The number of methoxy groups -OCH3 is 1. The topological polar surface area (TPSA) is 47.6 Å². The van der Waals surface area contributed by atoms with E-state index in [1.165, 1.54) is 0 Å². The van der Waals surface area contributed by atoms with Crippen molar-refractivity contribution in [2.45, 2.75) is 32.8 Å². The van der Waals surface area contributed by atoms with Crippen LogP contribution in [0.5, 0.6) is 5.75 Å². The Hall–Kier alpha value is -1.55. The van der Waals surface area contributed by atoms with Crippen molar-refractivity contribution in [3.63, 3.8) is 0 Å². The van der Waals surface area contributed by atoms with Crippen LogP contribution in [0.15, 0.2) is 24.3 Å². The van der Waals surface area contributed by atoms with Crippen molar-refractivity contribution in [1.82, 2.24) is 5.32 Å². The van der Waals surface area contributed by atoms with Crippen LogP contribution in [0.1, 0.15) is 25.8 Å². The SMILES string of the molecule is COc1ccc(CCC(=O)NCCOC(C)C)cc1. The van der Waals surface area contributed by atoms with E-state index in [-0.39, 0.29) is 12.0 Å². The highest BCUT2D eigenvalue weighted by atomic mass is 16.5. The van der Waals surface area contributed by atoms with Crippen molar-refractivity contribution >= 4 is 5.91 Å². The zero-order chi connectivity index (χ0) is 14.1. The minimum absolute atomic E-state index is 0.0585. The van der Waals surface area contributed by atoms with Crippen LogP contribution in [0.3, 0.4) is 0 Å². The summed E-state index contributed by atoms with van der Waals surface area (Å²) in [6.07, 6.45) is 1.44. The van der Waals surface area contributed by atoms with Gasteiger partial charge in [0.05, 0.1) is 19.8 Å². The highest BCUT2D eigenvalue weighted by Gasteiger charge is 2.02. The van der Waals surface area contributed by atoms with Crippen LogP contribution in [-0.2, 0) is 16.0 Å². The average molecular weight is 265 g/mol. The monoisotopic (exact) mass is 265 g/mol. The lowest BCUT2D eigenvalue weighted by molar-refractivity contribution is -0.121. The van der Waals surface area contributed by atoms with Crippen LogP contribution in [0.25, 0.3) is 0 Å². The Morgan fingerprint density at radius 1 is 1.26 bits per heavy atom. The van der Waals surface area contributed by atoms with Gasteiger partial charge in [-0.15, -0.1) is 0 Å². The molecule has 0 spiro atoms. The predicted octanol–water partition coefficient (Wildman–Crippen LogP) is 2.17. The minimum atomic E-state index is 0.0585. The van der Waals surface area contributed by atoms with Crippen molar-refractivity contribution in [3.8, 4) is 5.75 Å². The summed E-state index contributed by atoms with van der Waals surface area (Å²) >= 11 is 0. The number of carbonyl (C=O) groups is 1. The lowest BCUT2D eigenvalue weighted by atomic mass is 10.1. The number of aryl methyl sites for hydroxylation is 1. The van der Waals surface area contributed by atoms with E-state index in [9.17, 15) is 4.79 Å². The molecule has 1 N–H and O–H groups in total. The summed E-state index contributed by atoms with van der Waals surface area (Å²) in [7, 11) is 1.64. The van der Waals surface area contributed by atoms with Crippen LogP contribution in [0, 0.1) is 0 Å². The van der Waals surface area contributed by atoms with Crippen LogP contribution in [0.2, 0.25) is 0 Å². The van der Waals surface area contributed by atoms with Crippen molar-refractivity contribution in [2.24, 2.45) is 0 Å². The Balaban J connectivity index is 2.18. The summed E-state index contributed by atoms with van der Waals surface area (Å²) in [6.45, 7) is 5.09. The van der Waals surface area contributed by atoms with Gasteiger partial charge in [-0.25, -0.2) is 0 Å². The molecule has 0 unspecified atom stereocenters. The third-order valence-corrected chi connectivity index (χ3v) is 2.68. The minimum Gasteiger partial charge on any atom is -0.497 e. The van der Waals surface area contributed by atoms with E-state index in [0.717, 1.165) is 17.7 Å². The molecular formula is C15H23NO3. The first-order chi connectivity index (χ1) is 9.11. The zero-order valence-corrected chi connectivity index (χ0v) is 11.9. The Morgan fingerprint density at radius 2 is 1.95 bits per heavy atom. The van der Waals surface area contributed by atoms with Gasteiger partial charge in [-0.1, -0.05) is 12.1 Å². The summed E-state index contributed by atoms with van der Waals surface area (Å²) in [5, 5.41) is 2.84. The Labute approximate surface area is 115 Å². The van der Waals surface area contributed by atoms with Gasteiger partial charge in [0.2, 0.25) is 5.91 Å². The van der Waals surface area contributed by atoms with Gasteiger partial charge in [0, 0.05) is 13.0 Å². The first-order valence-electron chi connectivity index (χ1n) is 6.63. The van der Waals surface area contributed by atoms with Crippen molar-refractivity contribution in [1.29, 1.82) is 0 Å². The van der Waals surface area contributed by atoms with Crippen LogP contribution >= 0.6 is 0 Å². The maximum atomic E-state index is 11.6. The number of carbonyl (C=O) groups excluding carboxylic acids is 1. The molecule has 0 saturated heterocycles. The number of nitrogens with one attached hydrogen (secondary N) is 1. The fourth-order valence-corrected chi connectivity index (χ4v) is 1.62. The van der Waals surface area contributed by atoms with E-state index in [0.29, 0.717) is 19.6 Å². The molecular weight excluding hydrogens is 242 g/mol. The van der Waals surface area contributed by atoms with Gasteiger partial charge in [0.25, 0.3) is 0 Å². The molecule has 0 aliphatic rings. The second kappa shape index (κ2) is 8.53. The first-order valence-corrected chi connectivity index (χ1v) is 6.63. The van der Waals surface area contributed by atoms with E-state index in [1.807, 2.05) is 38.1 Å². The number of rotatable bonds is 8. The molecule has 0 aromatic heterocycles. The number of benzene rings is 1. The largest absolute Gasteiger partial charge is 0.497 e. The summed E-state index contributed by atoms with van der Waals surface area (Å²) in [4.78, 5) is 11.6. The van der Waals surface area contributed by atoms with Crippen LogP contribution in [-0.4, -0.2) is 32.3 Å². The number of hydrogen-bond donors (Lipinski definition) is 1. The molecule has 0 radical (unpaired) electrons. The Bertz CT molecular complexity index is 373. The molecule has 1 rings (SSSR count). The molecule has 0 aliphatic carbocycles. The van der Waals surface area contributed by atoms with Gasteiger partial charge in [0.15, 0.2) is 0 Å². The summed E-state index contributed by atoms with van der Waals surface area (Å²) in [5.74, 6) is 0.891. The van der Waals surface area contributed by atoms with Crippen LogP contribution in [0.4, 0.5) is 0 Å². The Morgan fingerprint density at radius 3 is 2.53 bits per heavy atom. The van der Waals surface area contributed by atoms with Crippen LogP contribution < -0.4 is 10.1 Å². The summed E-state index contributed by atoms with van der Waals surface area (Å²) in [5.41, 5.74) is 1.13. The smallest absolute Gasteiger partial charge is 0.220 e. The van der Waals surface area contributed by atoms with E-state index in [2.05, 4.69) is 5.32 Å². The van der Waals surface area contributed by atoms with Crippen molar-refractivity contribution in [2.75, 3.05) is 20.3 Å². The average Bonchev–Trinajstić information content (AvgIpc) is 2.41. The quantitative estimate of drug-likeness (QED) is 0.733. The maximum Gasteiger partial charge on any atom is 0.220 e. The lowest BCUT2D eigenvalue weighted by Crippen LogP contribution is -2.28. The third kappa shape index (κ3) is 6.82. The van der Waals surface area contributed by atoms with Gasteiger partial charge in [-0.05, 0) is 38.0 Å². The summed E-state index contributed by atoms with van der Waals surface area (Å²) in [6, 6.07) is 7.77. The van der Waals surface area contributed by atoms with E-state index in [4.69, 9.17) is 9.47 Å². The fourth-order valence-electron chi connectivity index (χ4n) is 1.62. The Kier molecular flexibility index (Phi) is 6.97. The molecule has 1 aromatic rings. The molecule has 1 amide bonds. The van der Waals surface area contributed by atoms with Crippen molar-refractivity contribution < 1.29 is 14.3 Å². The molecule has 0 atom stereocenters. The predicted molar refractivity (Wildman–Crippen MR) is 75.4 cm³/mol. The molecule has 0 aliphatic heterocycles. The highest BCUT2D eigenvalue weighted by Crippen LogP contribution is 2.12. The third-order valence-electron chi connectivity index (χ3n) is 2.68. The molecule has 0 fully saturated rings. The summed E-state index contributed by atoms with van der Waals surface area (Å²) < 4.78 is 10.4. The first kappa shape index (κ1) is 15.5. The molecule has 0 heterocycles. The molecule has 4 nitrogen and oxygen atoms in total. The maximum absolute atomic E-state index is 11.6. The van der Waals surface area contributed by atoms with Crippen molar-refractivity contribution in [3.05, 3.63) is 29.8 Å². The van der Waals surface area contributed by atoms with E-state index < -0.39 is 0 Å². The molecule has 106 valence electrons. The van der Waals surface area contributed by atoms with Gasteiger partial charge in [-0.2, -0.15) is 0 Å². The zero-order valence-electron chi connectivity index (χ0n) is 11.9. The molecule has 1 aromatic carbocycles. The van der Waals surface area contributed by atoms with Gasteiger partial charge in [0.1, 0.15) is 5.75 Å². The molecule has 0 saturated carbocycles. The number of amides is 1. The second-order valence-electron chi connectivity index (χ2n) is 4.62. The molecule has 0 bridgehead atoms. The molecule has 4 heteroatoms. The highest BCUT2D eigenvalue weighted by molar-refractivity contribution is 5.76. The van der Waals surface area contributed by atoms with Gasteiger partial charge >= 0.3 is 0 Å². The second-order valence-corrected chi connectivity index (χ2v) is 4.62. The van der Waals surface area contributed by atoms with Gasteiger partial charge < -0.3 is 14.8 Å². The van der Waals surface area contributed by atoms with E-state index >= 15 is 0 Å². The normalized spacial score (nSPS) is 10.5. The molecule has 19 heavy (non-hydrogen) atoms. The van der Waals surface area contributed by atoms with Gasteiger partial charge in [-0.3, -0.25) is 4.79 Å². The van der Waals surface area contributed by atoms with E-state index in [1.54, 1.807) is 7.11 Å². The number of hydrogen-bond acceptors (Lipinski definition) is 3. The lowest BCUT2D eigenvalue weighted by Gasteiger charge is -2.08. The standard InChI is InChI=1S/C15H23NO3/c1-12(2)19-11-10-16-15(17)9-6-13-4-7-14(18-3)8-5-13/h4-5,7-8,12H,6,9-11H2,1-3H3,(H,16,17).